The van der Waals surface area contributed by atoms with Crippen LogP contribution in [-0.4, -0.2) is 23.0 Å². The Kier molecular flexibility index (Phi) is 5.50. The minimum atomic E-state index is -0.273. The van der Waals surface area contributed by atoms with Gasteiger partial charge in [-0.05, 0) is 36.4 Å². The van der Waals surface area contributed by atoms with Crippen molar-refractivity contribution in [3.05, 3.63) is 68.6 Å². The summed E-state index contributed by atoms with van der Waals surface area (Å²) in [4.78, 5) is 23.8. The van der Waals surface area contributed by atoms with Gasteiger partial charge >= 0.3 is 0 Å². The van der Waals surface area contributed by atoms with Gasteiger partial charge in [0.2, 0.25) is 0 Å². The number of nitrogens with zero attached hydrogens (tertiary/aromatic N) is 3. The molecule has 0 fully saturated rings. The fourth-order valence-corrected chi connectivity index (χ4v) is 5.09. The zero-order valence-electron chi connectivity index (χ0n) is 14.6. The molecule has 0 aliphatic carbocycles. The molecule has 0 aliphatic heterocycles. The molecule has 9 heteroatoms. The maximum Gasteiger partial charge on any atom is 0.262 e. The lowest BCUT2D eigenvalue weighted by Gasteiger charge is -2.19. The summed E-state index contributed by atoms with van der Waals surface area (Å²) < 4.78 is 7.01. The van der Waals surface area contributed by atoms with Crippen molar-refractivity contribution in [2.45, 2.75) is 6.54 Å². The number of carbonyl (C=O) groups excluding carboxylic acids is 1. The van der Waals surface area contributed by atoms with Gasteiger partial charge < -0.3 is 4.74 Å². The Morgan fingerprint density at radius 1 is 1.18 bits per heavy atom. The Morgan fingerprint density at radius 3 is 2.71 bits per heavy atom. The van der Waals surface area contributed by atoms with E-state index >= 15 is 0 Å². The van der Waals surface area contributed by atoms with E-state index in [1.165, 1.54) is 11.3 Å². The number of ether oxygens (including phenoxy) is 1. The van der Waals surface area contributed by atoms with Crippen LogP contribution in [0.1, 0.15) is 16.1 Å². The molecule has 0 aliphatic rings. The zero-order chi connectivity index (χ0) is 19.7. The number of hydrogen-bond acceptors (Lipinski definition) is 6. The highest BCUT2D eigenvalue weighted by molar-refractivity contribution is 7.22. The monoisotopic (exact) mass is 449 g/mol. The average Bonchev–Trinajstić information content (AvgIpc) is 3.27. The number of anilines is 1. The van der Waals surface area contributed by atoms with Crippen LogP contribution in [0.5, 0.6) is 5.75 Å². The predicted molar refractivity (Wildman–Crippen MR) is 115 cm³/mol. The molecule has 0 radical (unpaired) electrons. The van der Waals surface area contributed by atoms with Crippen LogP contribution < -0.4 is 9.64 Å². The van der Waals surface area contributed by atoms with Gasteiger partial charge in [-0.25, -0.2) is 4.98 Å². The van der Waals surface area contributed by atoms with Crippen molar-refractivity contribution in [1.82, 2.24) is 9.97 Å². The molecule has 4 rings (SSSR count). The standard InChI is InChI=1S/C19H13Cl2N3O2S2/c1-26-12-5-6-14-15(8-12)27-19(23-14)24(10-11-4-2-3-7-22-11)18(25)13-9-16(20)28-17(13)21/h2-9H,10H2,1H3. The first kappa shape index (κ1) is 19.1. The van der Waals surface area contributed by atoms with Crippen LogP contribution >= 0.6 is 45.9 Å². The predicted octanol–water partition coefficient (Wildman–Crippen LogP) is 5.92. The van der Waals surface area contributed by atoms with Gasteiger partial charge in [0.25, 0.3) is 5.91 Å². The summed E-state index contributed by atoms with van der Waals surface area (Å²) in [7, 11) is 1.61. The fourth-order valence-electron chi connectivity index (χ4n) is 2.65. The highest BCUT2D eigenvalue weighted by atomic mass is 35.5. The SMILES string of the molecule is COc1ccc2nc(N(Cc3ccccn3)C(=O)c3cc(Cl)sc3Cl)sc2c1. The number of thiophene rings is 1. The van der Waals surface area contributed by atoms with E-state index in [1.54, 1.807) is 24.3 Å². The maximum atomic E-state index is 13.3. The third-order valence-corrected chi connectivity index (χ3v) is 6.52. The summed E-state index contributed by atoms with van der Waals surface area (Å²) in [6.45, 7) is 0.264. The molecular formula is C19H13Cl2N3O2S2. The molecule has 0 atom stereocenters. The molecule has 0 bridgehead atoms. The van der Waals surface area contributed by atoms with Crippen molar-refractivity contribution in [1.29, 1.82) is 0 Å². The number of methoxy groups -OCH3 is 1. The number of amides is 1. The lowest BCUT2D eigenvalue weighted by molar-refractivity contribution is 0.0985. The van der Waals surface area contributed by atoms with Crippen LogP contribution in [0.4, 0.5) is 5.13 Å². The molecule has 28 heavy (non-hydrogen) atoms. The number of rotatable bonds is 5. The summed E-state index contributed by atoms with van der Waals surface area (Å²) in [5.41, 5.74) is 1.88. The molecule has 0 N–H and O–H groups in total. The van der Waals surface area contributed by atoms with Gasteiger partial charge in [-0.2, -0.15) is 0 Å². The zero-order valence-corrected chi connectivity index (χ0v) is 17.7. The summed E-state index contributed by atoms with van der Waals surface area (Å²) in [6, 6.07) is 12.8. The van der Waals surface area contributed by atoms with Crippen LogP contribution in [0.2, 0.25) is 8.67 Å². The molecular weight excluding hydrogens is 437 g/mol. The number of carbonyl (C=O) groups is 1. The summed E-state index contributed by atoms with van der Waals surface area (Å²) in [5, 5.41) is 0.553. The van der Waals surface area contributed by atoms with Gasteiger partial charge in [0.15, 0.2) is 5.13 Å². The van der Waals surface area contributed by atoms with E-state index in [-0.39, 0.29) is 12.5 Å². The Labute approximate surface area is 179 Å². The van der Waals surface area contributed by atoms with E-state index in [0.717, 1.165) is 33.0 Å². The molecule has 1 amide bonds. The smallest absolute Gasteiger partial charge is 0.262 e. The third-order valence-electron chi connectivity index (χ3n) is 3.99. The molecule has 0 spiro atoms. The maximum absolute atomic E-state index is 13.3. The van der Waals surface area contributed by atoms with Gasteiger partial charge in [-0.3, -0.25) is 14.7 Å². The Balaban J connectivity index is 1.78. The summed E-state index contributed by atoms with van der Waals surface area (Å²) >= 11 is 14.8. The van der Waals surface area contributed by atoms with Gasteiger partial charge in [-0.15, -0.1) is 11.3 Å². The van der Waals surface area contributed by atoms with Crippen molar-refractivity contribution in [2.75, 3.05) is 12.0 Å². The Bertz CT molecular complexity index is 1140. The molecule has 5 nitrogen and oxygen atoms in total. The highest BCUT2D eigenvalue weighted by Gasteiger charge is 2.25. The normalized spacial score (nSPS) is 11.0. The van der Waals surface area contributed by atoms with Crippen molar-refractivity contribution in [2.24, 2.45) is 0 Å². The third kappa shape index (κ3) is 3.84. The first-order valence-electron chi connectivity index (χ1n) is 8.16. The van der Waals surface area contributed by atoms with Gasteiger partial charge in [0.1, 0.15) is 10.1 Å². The van der Waals surface area contributed by atoms with Crippen molar-refractivity contribution < 1.29 is 9.53 Å². The molecule has 3 aromatic heterocycles. The largest absolute Gasteiger partial charge is 0.497 e. The van der Waals surface area contributed by atoms with E-state index < -0.39 is 0 Å². The second kappa shape index (κ2) is 8.05. The molecule has 4 aromatic rings. The van der Waals surface area contributed by atoms with E-state index in [4.69, 9.17) is 27.9 Å². The molecule has 3 heterocycles. The van der Waals surface area contributed by atoms with Crippen molar-refractivity contribution in [3.63, 3.8) is 0 Å². The van der Waals surface area contributed by atoms with Crippen molar-refractivity contribution >= 4 is 67.1 Å². The molecule has 0 unspecified atom stereocenters. The van der Waals surface area contributed by atoms with Crippen LogP contribution in [-0.2, 0) is 6.54 Å². The van der Waals surface area contributed by atoms with Crippen molar-refractivity contribution in [3.8, 4) is 5.75 Å². The van der Waals surface area contributed by atoms with Crippen LogP contribution in [0.3, 0.4) is 0 Å². The lowest BCUT2D eigenvalue weighted by Crippen LogP contribution is -2.30. The number of hydrogen-bond donors (Lipinski definition) is 0. The Hall–Kier alpha value is -2.19. The first-order valence-corrected chi connectivity index (χ1v) is 10.5. The van der Waals surface area contributed by atoms with Gasteiger partial charge in [-0.1, -0.05) is 40.6 Å². The van der Waals surface area contributed by atoms with Crippen LogP contribution in [0, 0.1) is 0 Å². The summed E-state index contributed by atoms with van der Waals surface area (Å²) in [6.07, 6.45) is 1.69. The lowest BCUT2D eigenvalue weighted by atomic mass is 10.2. The van der Waals surface area contributed by atoms with Crippen LogP contribution in [0.25, 0.3) is 10.2 Å². The van der Waals surface area contributed by atoms with E-state index in [2.05, 4.69) is 9.97 Å². The second-order valence-electron chi connectivity index (χ2n) is 5.78. The number of aromatic nitrogens is 2. The first-order chi connectivity index (χ1) is 13.5. The fraction of sp³-hybridized carbons (Fsp3) is 0.105. The number of halogens is 2. The Morgan fingerprint density at radius 2 is 2.04 bits per heavy atom. The van der Waals surface area contributed by atoms with Crippen LogP contribution in [0.15, 0.2) is 48.7 Å². The van der Waals surface area contributed by atoms with Gasteiger partial charge in [0, 0.05) is 6.20 Å². The molecule has 142 valence electrons. The summed E-state index contributed by atoms with van der Waals surface area (Å²) in [5.74, 6) is 0.461. The quantitative estimate of drug-likeness (QED) is 0.379. The molecule has 0 saturated heterocycles. The topological polar surface area (TPSA) is 55.3 Å². The van der Waals surface area contributed by atoms with E-state index in [1.807, 2.05) is 36.4 Å². The number of benzene rings is 1. The van der Waals surface area contributed by atoms with E-state index in [9.17, 15) is 4.79 Å². The minimum absolute atomic E-state index is 0.264. The number of fused-ring (bicyclic) bond motifs is 1. The minimum Gasteiger partial charge on any atom is -0.497 e. The van der Waals surface area contributed by atoms with Gasteiger partial charge in [0.05, 0.1) is 39.5 Å². The molecule has 0 saturated carbocycles. The number of pyridine rings is 1. The highest BCUT2D eigenvalue weighted by Crippen LogP contribution is 2.36. The molecule has 1 aromatic carbocycles. The average molecular weight is 450 g/mol. The van der Waals surface area contributed by atoms with E-state index in [0.29, 0.717) is 19.4 Å². The number of thiazole rings is 1. The second-order valence-corrected chi connectivity index (χ2v) is 9.08.